The van der Waals surface area contributed by atoms with E-state index in [1.807, 2.05) is 82.8 Å². The van der Waals surface area contributed by atoms with Crippen LogP contribution in [0.4, 0.5) is 4.79 Å². The second kappa shape index (κ2) is 45.2. The van der Waals surface area contributed by atoms with Crippen molar-refractivity contribution in [1.29, 1.82) is 0 Å². The lowest BCUT2D eigenvalue weighted by molar-refractivity contribution is -0.160. The Bertz CT molecular complexity index is 2470. The second-order valence-electron chi connectivity index (χ2n) is 25.2. The molecular weight excluding hydrogens is 1190 g/mol. The van der Waals surface area contributed by atoms with Crippen LogP contribution in [-0.2, 0) is 71.5 Å². The number of hydrogen-bond donors (Lipinski definition) is 6. The molecule has 0 fully saturated rings. The summed E-state index contributed by atoms with van der Waals surface area (Å²) in [7, 11) is 0. The predicted octanol–water partition coefficient (Wildman–Crippen LogP) is 8.57. The van der Waals surface area contributed by atoms with E-state index in [1.54, 1.807) is 20.8 Å². The van der Waals surface area contributed by atoms with Gasteiger partial charge in [-0.2, -0.15) is 11.8 Å². The van der Waals surface area contributed by atoms with Gasteiger partial charge in [-0.1, -0.05) is 88.1 Å². The molecule has 0 heterocycles. The van der Waals surface area contributed by atoms with Crippen LogP contribution in [-0.4, -0.2) is 173 Å². The van der Waals surface area contributed by atoms with E-state index in [-0.39, 0.29) is 86.2 Å². The maximum atomic E-state index is 13.0. The molecule has 0 saturated carbocycles. The molecule has 1 aliphatic carbocycles. The van der Waals surface area contributed by atoms with E-state index in [0.717, 1.165) is 78.7 Å². The van der Waals surface area contributed by atoms with Crippen molar-refractivity contribution >= 4 is 65.1 Å². The third kappa shape index (κ3) is 36.6. The van der Waals surface area contributed by atoms with Crippen LogP contribution in [0.25, 0.3) is 11.1 Å². The first-order chi connectivity index (χ1) is 43.4. The maximum absolute atomic E-state index is 13.0. The fourth-order valence-electron chi connectivity index (χ4n) is 9.69. The summed E-state index contributed by atoms with van der Waals surface area (Å²) >= 11 is 1.90. The van der Waals surface area contributed by atoms with E-state index >= 15 is 0 Å². The summed E-state index contributed by atoms with van der Waals surface area (Å²) in [5.41, 5.74) is 3.08. The summed E-state index contributed by atoms with van der Waals surface area (Å²) < 4.78 is 38.6. The summed E-state index contributed by atoms with van der Waals surface area (Å²) in [5.74, 6) is -0.625. The maximum Gasteiger partial charge on any atom is 0.407 e. The number of esters is 2. The number of unbranched alkanes of at least 4 members (excludes halogenated alkanes) is 7. The van der Waals surface area contributed by atoms with Crippen LogP contribution in [0.5, 0.6) is 0 Å². The molecule has 0 bridgehead atoms. The Morgan fingerprint density at radius 3 is 1.48 bits per heavy atom. The largest absolute Gasteiger partial charge is 0.458 e. The van der Waals surface area contributed by atoms with Crippen LogP contribution in [0.15, 0.2) is 48.5 Å². The standard InChI is InChI=1S/C68H108N6O16S/c1-49(2)63(65(82)90-68(7,8)9)74-60(78)32-14-11-10-12-22-44-91-45-23-13-15-31-59(77)72-57(64(81)89-67(4,5)6)33-34-58(76)69-36-24-38-84-40-42-86-43-41-85-39-25-37-71-62(80)48-87-47-61(79)70-35-21-20-30-56(50(3)75)73-66(83)88-46-55-53-28-18-16-26-51(53)52-27-17-19-29-54(52)55/h16-19,26-29,49,55-57,63H,10-15,20-25,30-48H2,1-9H3,(H,69,76)(H,70,79)(H,71,80)(H,72,77)(H,73,83)(H,74,78). The first-order valence-electron chi connectivity index (χ1n) is 32.8. The minimum Gasteiger partial charge on any atom is -0.458 e. The molecule has 6 amide bonds. The van der Waals surface area contributed by atoms with Crippen molar-refractivity contribution in [1.82, 2.24) is 31.9 Å². The van der Waals surface area contributed by atoms with Crippen molar-refractivity contribution in [2.75, 3.05) is 90.6 Å². The highest BCUT2D eigenvalue weighted by atomic mass is 32.2. The van der Waals surface area contributed by atoms with Gasteiger partial charge in [0.1, 0.15) is 43.1 Å². The van der Waals surface area contributed by atoms with Crippen molar-refractivity contribution in [2.24, 2.45) is 5.92 Å². The number of carbonyl (C=O) groups is 9. The number of ketones is 1. The van der Waals surface area contributed by atoms with E-state index < -0.39 is 47.4 Å². The van der Waals surface area contributed by atoms with Crippen molar-refractivity contribution in [3.8, 4) is 11.1 Å². The number of ether oxygens (including phenoxy) is 7. The average molecular weight is 1300 g/mol. The molecule has 0 saturated heterocycles. The Hall–Kier alpha value is -6.14. The summed E-state index contributed by atoms with van der Waals surface area (Å²) in [5, 5.41) is 16.6. The number of nitrogens with one attached hydrogen (secondary N) is 6. The van der Waals surface area contributed by atoms with Crippen molar-refractivity contribution in [3.05, 3.63) is 59.7 Å². The lowest BCUT2D eigenvalue weighted by Gasteiger charge is -2.26. The minimum absolute atomic E-state index is 0.0327. The van der Waals surface area contributed by atoms with Crippen LogP contribution >= 0.6 is 11.8 Å². The van der Waals surface area contributed by atoms with Gasteiger partial charge in [0.25, 0.3) is 0 Å². The monoisotopic (exact) mass is 1300 g/mol. The fraction of sp³-hybridized carbons (Fsp3) is 0.691. The van der Waals surface area contributed by atoms with Gasteiger partial charge in [0.2, 0.25) is 29.5 Å². The summed E-state index contributed by atoms with van der Waals surface area (Å²) in [4.78, 5) is 113. The average Bonchev–Trinajstić information content (AvgIpc) is 1.63. The van der Waals surface area contributed by atoms with E-state index in [1.165, 1.54) is 6.92 Å². The molecule has 3 atom stereocenters. The van der Waals surface area contributed by atoms with Crippen LogP contribution < -0.4 is 31.9 Å². The van der Waals surface area contributed by atoms with Crippen molar-refractivity contribution < 1.29 is 76.3 Å². The highest BCUT2D eigenvalue weighted by Crippen LogP contribution is 2.44. The highest BCUT2D eigenvalue weighted by molar-refractivity contribution is 7.99. The Morgan fingerprint density at radius 2 is 0.945 bits per heavy atom. The number of benzene rings is 2. The molecule has 2 aromatic rings. The first kappa shape index (κ1) is 79.1. The number of thioether (sulfide) groups is 1. The number of rotatable bonds is 49. The number of hydrogen-bond acceptors (Lipinski definition) is 17. The van der Waals surface area contributed by atoms with Crippen LogP contribution in [0.1, 0.15) is 189 Å². The molecule has 2 aromatic carbocycles. The number of carbonyl (C=O) groups excluding carboxylic acids is 9. The normalized spacial score (nSPS) is 13.0. The highest BCUT2D eigenvalue weighted by Gasteiger charge is 2.32. The van der Waals surface area contributed by atoms with E-state index in [9.17, 15) is 43.2 Å². The number of fused-ring (bicyclic) bond motifs is 3. The Balaban J connectivity index is 1.09. The smallest absolute Gasteiger partial charge is 0.407 e. The van der Waals surface area contributed by atoms with Crippen molar-refractivity contribution in [2.45, 2.75) is 207 Å². The van der Waals surface area contributed by atoms with Gasteiger partial charge in [0.05, 0.1) is 32.5 Å². The van der Waals surface area contributed by atoms with Crippen LogP contribution in [0.2, 0.25) is 0 Å². The van der Waals surface area contributed by atoms with Gasteiger partial charge < -0.3 is 65.1 Å². The third-order valence-electron chi connectivity index (χ3n) is 14.4. The Kier molecular flexibility index (Phi) is 39.3. The van der Waals surface area contributed by atoms with Gasteiger partial charge in [-0.3, -0.25) is 28.8 Å². The lowest BCUT2D eigenvalue weighted by Crippen LogP contribution is -2.47. The zero-order chi connectivity index (χ0) is 66.9. The quantitative estimate of drug-likeness (QED) is 0.0205. The molecule has 0 radical (unpaired) electrons. The molecule has 3 unspecified atom stereocenters. The third-order valence-corrected chi connectivity index (χ3v) is 15.5. The topological polar surface area (TPSA) is 290 Å². The molecule has 1 aliphatic rings. The molecule has 0 spiro atoms. The van der Waals surface area contributed by atoms with Gasteiger partial charge in [-0.05, 0) is 152 Å². The van der Waals surface area contributed by atoms with Crippen molar-refractivity contribution in [3.63, 3.8) is 0 Å². The molecule has 6 N–H and O–H groups in total. The molecule has 22 nitrogen and oxygen atoms in total. The molecule has 0 aromatic heterocycles. The Labute approximate surface area is 545 Å². The summed E-state index contributed by atoms with van der Waals surface area (Å²) in [6.45, 7) is 18.8. The number of alkyl carbamates (subject to hydrolysis) is 1. The number of Topliss-reactive ketones (excluding diaryl/α,β-unsaturated/α-hetero) is 1. The van der Waals surface area contributed by atoms with Crippen LogP contribution in [0.3, 0.4) is 0 Å². The fourth-order valence-corrected chi connectivity index (χ4v) is 10.7. The van der Waals surface area contributed by atoms with E-state index in [4.69, 9.17) is 33.2 Å². The van der Waals surface area contributed by atoms with Gasteiger partial charge >= 0.3 is 18.0 Å². The zero-order valence-corrected chi connectivity index (χ0v) is 56.7. The zero-order valence-electron chi connectivity index (χ0n) is 55.9. The molecule has 0 aliphatic heterocycles. The van der Waals surface area contributed by atoms with Gasteiger partial charge in [-0.15, -0.1) is 0 Å². The lowest BCUT2D eigenvalue weighted by atomic mass is 9.98. The molecule has 23 heteroatoms. The van der Waals surface area contributed by atoms with Crippen LogP contribution in [0, 0.1) is 5.92 Å². The van der Waals surface area contributed by atoms with Gasteiger partial charge in [0, 0.05) is 58.0 Å². The summed E-state index contributed by atoms with van der Waals surface area (Å²) in [6, 6.07) is 13.8. The van der Waals surface area contributed by atoms with Gasteiger partial charge in [0.15, 0.2) is 5.78 Å². The van der Waals surface area contributed by atoms with Gasteiger partial charge in [-0.25, -0.2) is 14.4 Å². The second-order valence-corrected chi connectivity index (χ2v) is 26.4. The number of amides is 6. The Morgan fingerprint density at radius 1 is 0.473 bits per heavy atom. The molecule has 3 rings (SSSR count). The molecule has 91 heavy (non-hydrogen) atoms. The minimum atomic E-state index is -0.944. The first-order valence-corrected chi connectivity index (χ1v) is 33.9. The summed E-state index contributed by atoms with van der Waals surface area (Å²) in [6.07, 6.45) is 10.3. The van der Waals surface area contributed by atoms with E-state index in [2.05, 4.69) is 44.0 Å². The predicted molar refractivity (Wildman–Crippen MR) is 351 cm³/mol. The SMILES string of the molecule is CC(=O)C(CCCCNC(=O)COCC(=O)NCCCOCCOCCOCCCNC(=O)CCC(NC(=O)CCCCCSCCCCCCCC(=O)NC(C(=O)OC(C)(C)C)C(C)C)C(=O)OC(C)(C)C)NC(=O)OCC1c2ccccc2-c2ccccc21. The van der Waals surface area contributed by atoms with E-state index in [0.29, 0.717) is 104 Å². The molecular formula is C68H108N6O16S. The molecule has 512 valence electrons.